The number of phenols is 1. The Morgan fingerprint density at radius 3 is 2.35 bits per heavy atom. The highest BCUT2D eigenvalue weighted by atomic mass is 127. The number of amides is 2. The minimum absolute atomic E-state index is 0.00403. The van der Waals surface area contributed by atoms with Gasteiger partial charge in [-0.15, -0.1) is 0 Å². The summed E-state index contributed by atoms with van der Waals surface area (Å²) in [6.07, 6.45) is -6.98. The van der Waals surface area contributed by atoms with Crippen LogP contribution in [0.2, 0.25) is 6.32 Å². The number of hydrogen-bond donors (Lipinski definition) is 2. The number of carbonyl (C=O) groups excluding carboxylic acids is 2. The molecule has 3 aromatic rings. The minimum Gasteiger partial charge on any atom is -0.504 e. The number of ether oxygens (including phenoxy) is 1. The molecule has 1 aliphatic carbocycles. The topological polar surface area (TPSA) is 109 Å². The van der Waals surface area contributed by atoms with E-state index in [9.17, 15) is 46.1 Å². The number of pyridine rings is 1. The van der Waals surface area contributed by atoms with E-state index in [1.54, 1.807) is 31.3 Å². The summed E-state index contributed by atoms with van der Waals surface area (Å²) >= 11 is 1.99. The molecule has 4 atom stereocenters. The second kappa shape index (κ2) is 13.9. The maximum absolute atomic E-state index is 14.0. The molecule has 1 aromatic heterocycles. The number of halogens is 7. The maximum atomic E-state index is 14.0. The number of allylic oxidation sites excluding steroid dienone is 2. The van der Waals surface area contributed by atoms with Crippen LogP contribution in [0.5, 0.6) is 11.5 Å². The summed E-state index contributed by atoms with van der Waals surface area (Å²) in [6.45, 7) is 1.75. The Bertz CT molecular complexity index is 1900. The van der Waals surface area contributed by atoms with Crippen molar-refractivity contribution in [2.45, 2.75) is 51.0 Å². The number of phenolic OH excluding ortho intramolecular Hbond substituents is 1. The molecule has 0 radical (unpaired) electrons. The van der Waals surface area contributed by atoms with Crippen LogP contribution in [0.15, 0.2) is 65.9 Å². The van der Waals surface area contributed by atoms with Crippen LogP contribution in [0.1, 0.15) is 48.6 Å². The molecule has 51 heavy (non-hydrogen) atoms. The van der Waals surface area contributed by atoms with Crippen molar-refractivity contribution >= 4 is 58.9 Å². The number of nitrogens with zero attached hydrogens (tertiary/aromatic N) is 2. The normalized spacial score (nSPS) is 22.7. The summed E-state index contributed by atoms with van der Waals surface area (Å²) in [7, 11) is 0.0785. The van der Waals surface area contributed by atoms with Crippen LogP contribution in [0.4, 0.5) is 32.0 Å². The van der Waals surface area contributed by atoms with E-state index in [2.05, 4.69) is 4.98 Å². The van der Waals surface area contributed by atoms with Crippen LogP contribution >= 0.6 is 22.6 Å². The zero-order chi connectivity index (χ0) is 37.0. The average molecular weight is 826 g/mol. The van der Waals surface area contributed by atoms with Crippen molar-refractivity contribution in [2.24, 2.45) is 17.8 Å². The second-order valence-electron chi connectivity index (χ2n) is 12.7. The van der Waals surface area contributed by atoms with Gasteiger partial charge in [-0.05, 0) is 126 Å². The molecule has 268 valence electrons. The van der Waals surface area contributed by atoms with Gasteiger partial charge in [0.15, 0.2) is 11.5 Å². The van der Waals surface area contributed by atoms with Gasteiger partial charge in [-0.1, -0.05) is 11.6 Å². The van der Waals surface area contributed by atoms with Gasteiger partial charge in [-0.3, -0.25) is 14.6 Å². The molecule has 2 aromatic carbocycles. The predicted octanol–water partition coefficient (Wildman–Crippen LogP) is 7.78. The number of carbonyl (C=O) groups is 2. The summed E-state index contributed by atoms with van der Waals surface area (Å²) in [5.74, 6) is -4.47. The Labute approximate surface area is 302 Å². The fourth-order valence-corrected chi connectivity index (χ4v) is 8.01. The third-order valence-corrected chi connectivity index (χ3v) is 10.4. The summed E-state index contributed by atoms with van der Waals surface area (Å²) in [4.78, 5) is 32.6. The smallest absolute Gasteiger partial charge is 0.455 e. The third kappa shape index (κ3) is 7.27. The molecule has 0 unspecified atom stereocenters. The highest BCUT2D eigenvalue weighted by molar-refractivity contribution is 14.1. The van der Waals surface area contributed by atoms with E-state index < -0.39 is 72.0 Å². The first-order valence-corrected chi connectivity index (χ1v) is 16.9. The molecule has 2 saturated heterocycles. The summed E-state index contributed by atoms with van der Waals surface area (Å²) in [5, 5.41) is 21.2. The number of alkyl halides is 6. The molecule has 2 aliphatic heterocycles. The highest BCUT2D eigenvalue weighted by Gasteiger charge is 2.57. The van der Waals surface area contributed by atoms with Crippen molar-refractivity contribution in [2.75, 3.05) is 12.0 Å². The van der Waals surface area contributed by atoms with Gasteiger partial charge < -0.3 is 19.5 Å². The van der Waals surface area contributed by atoms with Crippen LogP contribution in [0, 0.1) is 21.3 Å². The van der Waals surface area contributed by atoms with E-state index in [0.29, 0.717) is 55.8 Å². The standard InChI is InChI=1S/C35H30BF6IN2O6/c1-17-9-23-30(33(48)45(32(23)47)22-14-20(34(37,38)39)13-21(15-22)35(40,41)42)24-16-36(49)51-27(29(17)24)7-6-19(26-5-3-4-8-44-26)10-18-11-25(43)31(46)28(12-18)50-2/h3-5,8,10-15,23-24,27,30,46,49H,6-7,9,16H2,1-2H3/b19-10-/t23-,24+,27-,30-/m1/s1. The number of anilines is 1. The number of methoxy groups -OCH3 is 1. The number of aromatic hydroxyl groups is 1. The number of hydrogen-bond acceptors (Lipinski definition) is 7. The first-order chi connectivity index (χ1) is 24.0. The summed E-state index contributed by atoms with van der Waals surface area (Å²) in [5.41, 5.74) is -0.591. The molecule has 0 bridgehead atoms. The Morgan fingerprint density at radius 2 is 1.75 bits per heavy atom. The van der Waals surface area contributed by atoms with Crippen LogP contribution in [0.25, 0.3) is 11.6 Å². The lowest BCUT2D eigenvalue weighted by Gasteiger charge is -2.42. The van der Waals surface area contributed by atoms with E-state index in [-0.39, 0.29) is 30.3 Å². The molecule has 6 rings (SSSR count). The van der Waals surface area contributed by atoms with Crippen LogP contribution < -0.4 is 9.64 Å². The molecule has 2 N–H and O–H groups in total. The van der Waals surface area contributed by atoms with Crippen molar-refractivity contribution in [1.29, 1.82) is 0 Å². The van der Waals surface area contributed by atoms with Gasteiger partial charge in [0.25, 0.3) is 0 Å². The first-order valence-electron chi connectivity index (χ1n) is 15.9. The lowest BCUT2D eigenvalue weighted by Crippen LogP contribution is -2.46. The zero-order valence-electron chi connectivity index (χ0n) is 27.1. The Hall–Kier alpha value is -3.90. The van der Waals surface area contributed by atoms with E-state index in [4.69, 9.17) is 9.39 Å². The fourth-order valence-electron chi connectivity index (χ4n) is 7.39. The van der Waals surface area contributed by atoms with Gasteiger partial charge in [0.1, 0.15) is 0 Å². The van der Waals surface area contributed by atoms with Crippen LogP contribution in [-0.2, 0) is 26.6 Å². The van der Waals surface area contributed by atoms with E-state index in [1.165, 1.54) is 7.11 Å². The van der Waals surface area contributed by atoms with Crippen molar-refractivity contribution in [3.8, 4) is 11.5 Å². The van der Waals surface area contributed by atoms with Crippen LogP contribution in [-0.4, -0.2) is 47.3 Å². The Kier molecular flexibility index (Phi) is 10.1. The van der Waals surface area contributed by atoms with Gasteiger partial charge in [0, 0.05) is 6.20 Å². The lowest BCUT2D eigenvalue weighted by atomic mass is 9.58. The van der Waals surface area contributed by atoms with Gasteiger partial charge in [0.2, 0.25) is 11.8 Å². The number of benzene rings is 2. The quantitative estimate of drug-likeness (QED) is 0.0824. The third-order valence-electron chi connectivity index (χ3n) is 9.56. The molecule has 3 aliphatic rings. The molecule has 2 fully saturated rings. The lowest BCUT2D eigenvalue weighted by molar-refractivity contribution is -0.143. The Morgan fingerprint density at radius 1 is 1.06 bits per heavy atom. The van der Waals surface area contributed by atoms with Crippen molar-refractivity contribution in [3.63, 3.8) is 0 Å². The van der Waals surface area contributed by atoms with E-state index in [1.807, 2.05) is 40.8 Å². The summed E-state index contributed by atoms with van der Waals surface area (Å²) < 4.78 is 93.9. The molecule has 3 heterocycles. The molecular weight excluding hydrogens is 796 g/mol. The number of rotatable bonds is 7. The number of fused-ring (bicyclic) bond motifs is 3. The average Bonchev–Trinajstić information content (AvgIpc) is 3.32. The SMILES string of the molecule is COc1cc(/C=C(/CC[C@H]2OB(O)C[C@H]3C2=C(C)C[C@H]2C(=O)N(c4cc(C(F)(F)F)cc(C(F)(F)F)c4)C(=O)[C@H]23)c2ccccn2)cc(I)c1O. The highest BCUT2D eigenvalue weighted by Crippen LogP contribution is 2.52. The predicted molar refractivity (Wildman–Crippen MR) is 183 cm³/mol. The Balaban J connectivity index is 1.32. The van der Waals surface area contributed by atoms with Crippen molar-refractivity contribution < 1.29 is 55.5 Å². The van der Waals surface area contributed by atoms with Gasteiger partial charge >= 0.3 is 19.5 Å². The number of imide groups is 1. The monoisotopic (exact) mass is 826 g/mol. The van der Waals surface area contributed by atoms with Crippen molar-refractivity contribution in [1.82, 2.24) is 4.98 Å². The molecule has 0 spiro atoms. The molecule has 0 saturated carbocycles. The minimum atomic E-state index is -5.17. The maximum Gasteiger partial charge on any atom is 0.455 e. The second-order valence-corrected chi connectivity index (χ2v) is 13.9. The zero-order valence-corrected chi connectivity index (χ0v) is 29.2. The number of aromatic nitrogens is 1. The van der Waals surface area contributed by atoms with Gasteiger partial charge in [-0.2, -0.15) is 26.3 Å². The molecular formula is C35H30BF6IN2O6. The van der Waals surface area contributed by atoms with E-state index >= 15 is 0 Å². The van der Waals surface area contributed by atoms with E-state index in [0.717, 1.165) is 5.57 Å². The first kappa shape index (κ1) is 36.9. The molecule has 8 nitrogen and oxygen atoms in total. The molecule has 2 amide bonds. The van der Waals surface area contributed by atoms with Crippen molar-refractivity contribution in [3.05, 3.63) is 91.8 Å². The fraction of sp³-hybridized carbons (Fsp3) is 0.343. The largest absolute Gasteiger partial charge is 0.504 e. The van der Waals surface area contributed by atoms with Gasteiger partial charge in [-0.25, -0.2) is 4.90 Å². The van der Waals surface area contributed by atoms with Crippen LogP contribution in [0.3, 0.4) is 0 Å². The summed E-state index contributed by atoms with van der Waals surface area (Å²) in [6, 6.07) is 9.53. The van der Waals surface area contributed by atoms with Gasteiger partial charge in [0.05, 0.1) is 51.1 Å². The molecule has 16 heteroatoms.